The molecule has 0 spiro atoms. The van der Waals surface area contributed by atoms with Gasteiger partial charge in [0.25, 0.3) is 0 Å². The predicted octanol–water partition coefficient (Wildman–Crippen LogP) is 7.41. The first-order chi connectivity index (χ1) is 17.9. The number of unbranched alkanes of at least 4 members (excludes halogenated alkanes) is 1. The molecule has 4 rings (SSSR count). The first-order valence-corrected chi connectivity index (χ1v) is 14.5. The first-order valence-electron chi connectivity index (χ1n) is 12.3. The number of anilines is 1. The van der Waals surface area contributed by atoms with Crippen molar-refractivity contribution < 1.29 is 14.3 Å². The van der Waals surface area contributed by atoms with Crippen molar-refractivity contribution in [2.45, 2.75) is 57.0 Å². The summed E-state index contributed by atoms with van der Waals surface area (Å²) in [5, 5.41) is 9.36. The summed E-state index contributed by atoms with van der Waals surface area (Å²) in [6.07, 6.45) is 2.68. The predicted molar refractivity (Wildman–Crippen MR) is 151 cm³/mol. The summed E-state index contributed by atoms with van der Waals surface area (Å²) in [7, 11) is 0. The number of rotatable bonds is 11. The smallest absolute Gasteiger partial charge is 0.338 e. The minimum atomic E-state index is -0.572. The van der Waals surface area contributed by atoms with E-state index in [0.717, 1.165) is 34.9 Å². The normalized spacial score (nSPS) is 14.8. The highest BCUT2D eigenvalue weighted by Crippen LogP contribution is 2.41. The Kier molecular flexibility index (Phi) is 9.56. The van der Waals surface area contributed by atoms with E-state index in [1.807, 2.05) is 56.3 Å². The van der Waals surface area contributed by atoms with Gasteiger partial charge in [-0.1, -0.05) is 77.8 Å². The van der Waals surface area contributed by atoms with Crippen molar-refractivity contribution >= 4 is 51.2 Å². The molecule has 196 valence electrons. The van der Waals surface area contributed by atoms with Crippen LogP contribution in [0.15, 0.2) is 63.4 Å². The van der Waals surface area contributed by atoms with Gasteiger partial charge in [0.2, 0.25) is 11.1 Å². The quantitative estimate of drug-likeness (QED) is 0.139. The van der Waals surface area contributed by atoms with Crippen LogP contribution in [0.5, 0.6) is 5.75 Å². The summed E-state index contributed by atoms with van der Waals surface area (Å²) in [6, 6.07) is 13.0. The third kappa shape index (κ3) is 6.51. The molecular formula is C27H30BrClN4O3S. The number of nitrogens with one attached hydrogen (secondary N) is 1. The van der Waals surface area contributed by atoms with Gasteiger partial charge in [-0.2, -0.15) is 4.98 Å². The highest BCUT2D eigenvalue weighted by atomic mass is 79.9. The van der Waals surface area contributed by atoms with E-state index in [4.69, 9.17) is 31.2 Å². The number of benzene rings is 2. The van der Waals surface area contributed by atoms with Gasteiger partial charge in [-0.25, -0.2) is 9.48 Å². The van der Waals surface area contributed by atoms with E-state index in [9.17, 15) is 4.79 Å². The third-order valence-electron chi connectivity index (χ3n) is 5.83. The lowest BCUT2D eigenvalue weighted by Crippen LogP contribution is -2.30. The first kappa shape index (κ1) is 27.5. The molecule has 2 aromatic carbocycles. The number of carbonyl (C=O) groups excluding carboxylic acids is 1. The topological polar surface area (TPSA) is 78.3 Å². The Hall–Kier alpha value is -2.49. The molecule has 0 amide bonds. The number of hydrogen-bond donors (Lipinski definition) is 1. The number of carbonyl (C=O) groups is 1. The number of fused-ring (bicyclic) bond motifs is 1. The zero-order chi connectivity index (χ0) is 26.4. The molecule has 1 aromatic heterocycles. The van der Waals surface area contributed by atoms with Crippen LogP contribution in [0.4, 0.5) is 5.95 Å². The fourth-order valence-electron chi connectivity index (χ4n) is 3.97. The van der Waals surface area contributed by atoms with Crippen LogP contribution in [0.1, 0.15) is 57.2 Å². The Labute approximate surface area is 235 Å². The third-order valence-corrected chi connectivity index (χ3v) is 7.58. The van der Waals surface area contributed by atoms with Gasteiger partial charge in [0.1, 0.15) is 11.8 Å². The number of aromatic nitrogens is 3. The molecule has 1 N–H and O–H groups in total. The summed E-state index contributed by atoms with van der Waals surface area (Å²) >= 11 is 11.4. The van der Waals surface area contributed by atoms with Crippen molar-refractivity contribution in [2.75, 3.05) is 18.5 Å². The molecule has 0 saturated carbocycles. The number of ether oxygens (including phenoxy) is 2. The standard InChI is InChI=1S/C27H30BrClN4O3S/c1-4-6-14-35-22-12-11-19(28)15-20(22)24-23(25(34)36-13-5-2)17(3)30-26-31-27(32-33(24)26)37-16-18-9-7-8-10-21(18)29/h7-12,15,24H,4-6,13-14,16H2,1-3H3,(H,30,31,32). The molecule has 7 nitrogen and oxygen atoms in total. The fourth-order valence-corrected chi connectivity index (χ4v) is 5.46. The highest BCUT2D eigenvalue weighted by Gasteiger charge is 2.37. The van der Waals surface area contributed by atoms with Crippen LogP contribution in [-0.4, -0.2) is 33.9 Å². The van der Waals surface area contributed by atoms with E-state index in [-0.39, 0.29) is 5.97 Å². The maximum absolute atomic E-state index is 13.3. The van der Waals surface area contributed by atoms with Gasteiger partial charge in [-0.3, -0.25) is 0 Å². The number of halogens is 2. The van der Waals surface area contributed by atoms with Crippen LogP contribution in [-0.2, 0) is 15.3 Å². The van der Waals surface area contributed by atoms with E-state index < -0.39 is 6.04 Å². The largest absolute Gasteiger partial charge is 0.493 e. The van der Waals surface area contributed by atoms with Gasteiger partial charge in [-0.15, -0.1) is 5.10 Å². The Morgan fingerprint density at radius 1 is 1.19 bits per heavy atom. The van der Waals surface area contributed by atoms with Gasteiger partial charge in [0, 0.05) is 26.5 Å². The van der Waals surface area contributed by atoms with Crippen molar-refractivity contribution in [1.29, 1.82) is 0 Å². The molecular weight excluding hydrogens is 576 g/mol. The molecule has 2 heterocycles. The maximum Gasteiger partial charge on any atom is 0.338 e. The summed E-state index contributed by atoms with van der Waals surface area (Å²) in [4.78, 5) is 18.0. The van der Waals surface area contributed by atoms with Crippen molar-refractivity contribution in [3.63, 3.8) is 0 Å². The van der Waals surface area contributed by atoms with E-state index >= 15 is 0 Å². The van der Waals surface area contributed by atoms with Crippen molar-refractivity contribution in [2.24, 2.45) is 0 Å². The second-order valence-electron chi connectivity index (χ2n) is 8.63. The Morgan fingerprint density at radius 3 is 2.76 bits per heavy atom. The molecule has 1 aliphatic heterocycles. The van der Waals surface area contributed by atoms with Gasteiger partial charge in [0.15, 0.2) is 0 Å². The highest BCUT2D eigenvalue weighted by molar-refractivity contribution is 9.10. The maximum atomic E-state index is 13.3. The lowest BCUT2D eigenvalue weighted by molar-refractivity contribution is -0.139. The molecule has 37 heavy (non-hydrogen) atoms. The zero-order valence-corrected chi connectivity index (χ0v) is 24.3. The molecule has 1 atom stereocenters. The second kappa shape index (κ2) is 12.8. The molecule has 0 saturated heterocycles. The van der Waals surface area contributed by atoms with E-state index in [1.54, 1.807) is 4.68 Å². The van der Waals surface area contributed by atoms with Crippen LogP contribution in [0, 0.1) is 0 Å². The lowest BCUT2D eigenvalue weighted by Gasteiger charge is -2.29. The molecule has 0 radical (unpaired) electrons. The average Bonchev–Trinajstić information content (AvgIpc) is 3.29. The number of esters is 1. The van der Waals surface area contributed by atoms with E-state index in [2.05, 4.69) is 28.2 Å². The van der Waals surface area contributed by atoms with E-state index in [0.29, 0.717) is 52.1 Å². The molecule has 1 aliphatic rings. The average molecular weight is 606 g/mol. The molecule has 0 bridgehead atoms. The Bertz CT molecular complexity index is 1300. The van der Waals surface area contributed by atoms with Crippen LogP contribution in [0.25, 0.3) is 0 Å². The summed E-state index contributed by atoms with van der Waals surface area (Å²) in [5.74, 6) is 1.48. The number of nitrogens with zero attached hydrogens (tertiary/aromatic N) is 3. The number of allylic oxidation sites excluding steroid dienone is 1. The molecule has 0 aliphatic carbocycles. The minimum absolute atomic E-state index is 0.337. The van der Waals surface area contributed by atoms with Gasteiger partial charge in [0.05, 0.1) is 18.8 Å². The van der Waals surface area contributed by atoms with Gasteiger partial charge < -0.3 is 14.8 Å². The fraction of sp³-hybridized carbons (Fsp3) is 0.370. The lowest BCUT2D eigenvalue weighted by atomic mass is 9.95. The van der Waals surface area contributed by atoms with Crippen LogP contribution in [0.2, 0.25) is 5.02 Å². The van der Waals surface area contributed by atoms with Gasteiger partial charge >= 0.3 is 5.97 Å². The van der Waals surface area contributed by atoms with Crippen molar-refractivity contribution in [3.05, 3.63) is 74.4 Å². The number of thioether (sulfide) groups is 1. The Morgan fingerprint density at radius 2 is 2.00 bits per heavy atom. The van der Waals surface area contributed by atoms with Crippen molar-refractivity contribution in [3.8, 4) is 5.75 Å². The summed E-state index contributed by atoms with van der Waals surface area (Å²) < 4.78 is 14.4. The summed E-state index contributed by atoms with van der Waals surface area (Å²) in [5.41, 5.74) is 2.96. The monoisotopic (exact) mass is 604 g/mol. The van der Waals surface area contributed by atoms with Crippen LogP contribution < -0.4 is 10.1 Å². The molecule has 0 fully saturated rings. The minimum Gasteiger partial charge on any atom is -0.493 e. The second-order valence-corrected chi connectivity index (χ2v) is 10.9. The van der Waals surface area contributed by atoms with Crippen LogP contribution in [0.3, 0.4) is 0 Å². The van der Waals surface area contributed by atoms with E-state index in [1.165, 1.54) is 11.8 Å². The van der Waals surface area contributed by atoms with Gasteiger partial charge in [-0.05, 0) is 49.6 Å². The van der Waals surface area contributed by atoms with Crippen molar-refractivity contribution in [1.82, 2.24) is 14.8 Å². The molecule has 3 aromatic rings. The summed E-state index contributed by atoms with van der Waals surface area (Å²) in [6.45, 7) is 6.87. The molecule has 10 heteroatoms. The Balaban J connectivity index is 1.75. The number of hydrogen-bond acceptors (Lipinski definition) is 7. The van der Waals surface area contributed by atoms with Crippen LogP contribution >= 0.6 is 39.3 Å². The zero-order valence-electron chi connectivity index (χ0n) is 21.1. The molecule has 1 unspecified atom stereocenters. The SMILES string of the molecule is CCCCOc1ccc(Br)cc1C1C(C(=O)OCCC)=C(C)Nc2nc(SCc3ccccc3Cl)nn21.